The van der Waals surface area contributed by atoms with Gasteiger partial charge >= 0.3 is 6.18 Å². The van der Waals surface area contributed by atoms with E-state index in [0.29, 0.717) is 49.5 Å². The maximum absolute atomic E-state index is 13.8. The van der Waals surface area contributed by atoms with E-state index < -0.39 is 23.5 Å². The molecule has 0 unspecified atom stereocenters. The zero-order valence-electron chi connectivity index (χ0n) is 23.5. The van der Waals surface area contributed by atoms with Crippen molar-refractivity contribution in [2.75, 3.05) is 54.1 Å². The van der Waals surface area contributed by atoms with Crippen LogP contribution in [0.4, 0.5) is 47.7 Å². The lowest BCUT2D eigenvalue weighted by atomic mass is 10.1. The Labute approximate surface area is 241 Å². The Bertz CT molecular complexity index is 1450. The van der Waals surface area contributed by atoms with E-state index in [1.807, 2.05) is 30.9 Å². The molecule has 2 aromatic carbocycles. The molecule has 1 saturated heterocycles. The van der Waals surface area contributed by atoms with Gasteiger partial charge in [0.1, 0.15) is 17.1 Å². The summed E-state index contributed by atoms with van der Waals surface area (Å²) in [6, 6.07) is 11.6. The van der Waals surface area contributed by atoms with Gasteiger partial charge in [0.25, 0.3) is 0 Å². The summed E-state index contributed by atoms with van der Waals surface area (Å²) in [5.74, 6) is -0.508. The summed E-state index contributed by atoms with van der Waals surface area (Å²) >= 11 is 0. The third kappa shape index (κ3) is 7.28. The molecule has 1 aromatic heterocycles. The summed E-state index contributed by atoms with van der Waals surface area (Å²) in [6.45, 7) is 9.68. The molecular formula is C29H32F3N7O3. The molecule has 1 fully saturated rings. The van der Waals surface area contributed by atoms with E-state index in [9.17, 15) is 22.8 Å². The maximum Gasteiger partial charge on any atom is 0.421 e. The molecule has 222 valence electrons. The number of methoxy groups -OCH3 is 1. The monoisotopic (exact) mass is 583 g/mol. The quantitative estimate of drug-likeness (QED) is 0.287. The minimum atomic E-state index is -4.72. The molecule has 0 atom stereocenters. The van der Waals surface area contributed by atoms with Gasteiger partial charge < -0.3 is 30.5 Å². The van der Waals surface area contributed by atoms with Gasteiger partial charge in [0.2, 0.25) is 17.8 Å². The third-order valence-electron chi connectivity index (χ3n) is 6.55. The summed E-state index contributed by atoms with van der Waals surface area (Å²) in [4.78, 5) is 35.9. The molecule has 4 rings (SSSR count). The number of aromatic nitrogens is 2. The van der Waals surface area contributed by atoms with Crippen LogP contribution in [-0.2, 0) is 15.8 Å². The van der Waals surface area contributed by atoms with Gasteiger partial charge in [-0.2, -0.15) is 18.2 Å². The molecule has 0 radical (unpaired) electrons. The summed E-state index contributed by atoms with van der Waals surface area (Å²) in [5.41, 5.74) is 0.904. The number of rotatable bonds is 9. The van der Waals surface area contributed by atoms with Crippen molar-refractivity contribution >= 4 is 46.3 Å². The lowest BCUT2D eigenvalue weighted by Gasteiger charge is -2.37. The normalized spacial score (nSPS) is 13.5. The first kappa shape index (κ1) is 30.2. The number of hydrogen-bond donors (Lipinski definition) is 3. The highest BCUT2D eigenvalue weighted by molar-refractivity contribution is 5.99. The van der Waals surface area contributed by atoms with Gasteiger partial charge in [0, 0.05) is 61.4 Å². The van der Waals surface area contributed by atoms with Crippen LogP contribution in [0.25, 0.3) is 0 Å². The van der Waals surface area contributed by atoms with Crippen molar-refractivity contribution in [3.8, 4) is 5.75 Å². The Morgan fingerprint density at radius 2 is 1.76 bits per heavy atom. The molecule has 13 heteroatoms. The number of anilines is 6. The Kier molecular flexibility index (Phi) is 9.18. The van der Waals surface area contributed by atoms with E-state index in [-0.39, 0.29) is 23.5 Å². The van der Waals surface area contributed by atoms with Crippen LogP contribution in [-0.4, -0.2) is 60.0 Å². The molecule has 1 aliphatic rings. The predicted molar refractivity (Wildman–Crippen MR) is 155 cm³/mol. The van der Waals surface area contributed by atoms with Crippen LogP contribution in [0.1, 0.15) is 19.4 Å². The van der Waals surface area contributed by atoms with Crippen LogP contribution in [0.15, 0.2) is 61.3 Å². The van der Waals surface area contributed by atoms with E-state index in [2.05, 4.69) is 37.4 Å². The first-order valence-corrected chi connectivity index (χ1v) is 13.2. The van der Waals surface area contributed by atoms with Crippen molar-refractivity contribution in [1.29, 1.82) is 0 Å². The van der Waals surface area contributed by atoms with Crippen molar-refractivity contribution in [2.24, 2.45) is 5.92 Å². The molecular weight excluding hydrogens is 551 g/mol. The molecule has 10 nitrogen and oxygen atoms in total. The highest BCUT2D eigenvalue weighted by Gasteiger charge is 2.35. The highest BCUT2D eigenvalue weighted by Crippen LogP contribution is 2.37. The lowest BCUT2D eigenvalue weighted by molar-refractivity contribution is -0.137. The standard InChI is InChI=1S/C29H32F3N7O3/c1-5-25(40)34-19-7-6-8-20(15-19)35-26-22(29(30,31)32)17-33-28(37-26)36-23-10-9-21(16-24(23)42-4)38-11-13-39(14-12-38)27(41)18(2)3/h5-10,15-18H,1,11-14H2,2-4H3,(H,34,40)(H2,33,35,36,37). The number of benzene rings is 2. The van der Waals surface area contributed by atoms with Gasteiger partial charge in [-0.25, -0.2) is 4.98 Å². The minimum absolute atomic E-state index is 0.0553. The van der Waals surface area contributed by atoms with Crippen LogP contribution in [0.5, 0.6) is 5.75 Å². The van der Waals surface area contributed by atoms with Crippen molar-refractivity contribution < 1.29 is 27.5 Å². The van der Waals surface area contributed by atoms with E-state index >= 15 is 0 Å². The van der Waals surface area contributed by atoms with Gasteiger partial charge in [-0.15, -0.1) is 0 Å². The second-order valence-electron chi connectivity index (χ2n) is 9.83. The smallest absolute Gasteiger partial charge is 0.421 e. The summed E-state index contributed by atoms with van der Waals surface area (Å²) < 4.78 is 47.0. The number of ether oxygens (including phenoxy) is 1. The van der Waals surface area contributed by atoms with E-state index in [4.69, 9.17) is 4.74 Å². The fraction of sp³-hybridized carbons (Fsp3) is 0.310. The Morgan fingerprint density at radius 1 is 1.05 bits per heavy atom. The first-order valence-electron chi connectivity index (χ1n) is 13.2. The van der Waals surface area contributed by atoms with Crippen LogP contribution >= 0.6 is 0 Å². The average molecular weight is 584 g/mol. The second-order valence-corrected chi connectivity index (χ2v) is 9.83. The zero-order chi connectivity index (χ0) is 30.4. The van der Waals surface area contributed by atoms with Gasteiger partial charge in [0.05, 0.1) is 12.8 Å². The molecule has 0 saturated carbocycles. The van der Waals surface area contributed by atoms with Crippen molar-refractivity contribution in [2.45, 2.75) is 20.0 Å². The summed E-state index contributed by atoms with van der Waals surface area (Å²) in [6.07, 6.45) is -2.94. The van der Waals surface area contributed by atoms with E-state index in [0.717, 1.165) is 11.8 Å². The molecule has 1 aliphatic heterocycles. The van der Waals surface area contributed by atoms with Crippen LogP contribution in [0, 0.1) is 5.92 Å². The van der Waals surface area contributed by atoms with Crippen molar-refractivity contribution in [3.63, 3.8) is 0 Å². The Hall–Kier alpha value is -4.81. The van der Waals surface area contributed by atoms with E-state index in [1.54, 1.807) is 24.3 Å². The number of hydrogen-bond acceptors (Lipinski definition) is 8. The van der Waals surface area contributed by atoms with Gasteiger partial charge in [-0.3, -0.25) is 9.59 Å². The third-order valence-corrected chi connectivity index (χ3v) is 6.55. The largest absolute Gasteiger partial charge is 0.494 e. The Balaban J connectivity index is 1.54. The topological polar surface area (TPSA) is 112 Å². The van der Waals surface area contributed by atoms with Crippen LogP contribution in [0.2, 0.25) is 0 Å². The van der Waals surface area contributed by atoms with E-state index in [1.165, 1.54) is 13.2 Å². The van der Waals surface area contributed by atoms with Crippen LogP contribution < -0.4 is 25.6 Å². The second kappa shape index (κ2) is 12.8. The first-order chi connectivity index (χ1) is 20.0. The molecule has 0 spiro atoms. The number of piperazine rings is 1. The minimum Gasteiger partial charge on any atom is -0.494 e. The molecule has 2 heterocycles. The Morgan fingerprint density at radius 3 is 2.40 bits per heavy atom. The van der Waals surface area contributed by atoms with Crippen molar-refractivity contribution in [1.82, 2.24) is 14.9 Å². The predicted octanol–water partition coefficient (Wildman–Crippen LogP) is 5.42. The molecule has 3 N–H and O–H groups in total. The fourth-order valence-electron chi connectivity index (χ4n) is 4.40. The number of nitrogens with one attached hydrogen (secondary N) is 3. The number of carbonyl (C=O) groups is 2. The molecule has 2 amide bonds. The number of carbonyl (C=O) groups excluding carboxylic acids is 2. The molecule has 0 aliphatic carbocycles. The average Bonchev–Trinajstić information content (AvgIpc) is 2.96. The molecule has 42 heavy (non-hydrogen) atoms. The summed E-state index contributed by atoms with van der Waals surface area (Å²) in [7, 11) is 1.49. The highest BCUT2D eigenvalue weighted by atomic mass is 19.4. The zero-order valence-corrected chi connectivity index (χ0v) is 23.5. The SMILES string of the molecule is C=CC(=O)Nc1cccc(Nc2nc(Nc3ccc(N4CCN(C(=O)C(C)C)CC4)cc3OC)ncc2C(F)(F)F)c1. The molecule has 3 aromatic rings. The fourth-order valence-corrected chi connectivity index (χ4v) is 4.40. The van der Waals surface area contributed by atoms with Gasteiger partial charge in [0.15, 0.2) is 0 Å². The van der Waals surface area contributed by atoms with Gasteiger partial charge in [-0.1, -0.05) is 26.5 Å². The van der Waals surface area contributed by atoms with Crippen LogP contribution in [0.3, 0.4) is 0 Å². The maximum atomic E-state index is 13.8. The number of nitrogens with zero attached hydrogens (tertiary/aromatic N) is 4. The molecule has 0 bridgehead atoms. The van der Waals surface area contributed by atoms with Crippen molar-refractivity contribution in [3.05, 3.63) is 66.9 Å². The summed E-state index contributed by atoms with van der Waals surface area (Å²) in [5, 5.41) is 8.19. The van der Waals surface area contributed by atoms with Gasteiger partial charge in [-0.05, 0) is 36.4 Å². The number of alkyl halides is 3. The number of halogens is 3. The number of amides is 2. The lowest BCUT2D eigenvalue weighted by Crippen LogP contribution is -2.49.